The largest absolute Gasteiger partial charge is 0.466 e. The van der Waals surface area contributed by atoms with Gasteiger partial charge in [0.05, 0.1) is 5.02 Å². The van der Waals surface area contributed by atoms with E-state index < -0.39 is 19.6 Å². The maximum atomic E-state index is 11.9. The minimum Gasteiger partial charge on any atom is -0.466 e. The zero-order valence-electron chi connectivity index (χ0n) is 10.7. The number of hydrogen-bond acceptors (Lipinski definition) is 3. The van der Waals surface area contributed by atoms with Gasteiger partial charge in [-0.15, -0.1) is 0 Å². The van der Waals surface area contributed by atoms with E-state index in [1.165, 1.54) is 6.07 Å². The molecule has 1 aromatic rings. The molecule has 1 rings (SSSR count). The molecule has 0 aliphatic heterocycles. The lowest BCUT2D eigenvalue weighted by molar-refractivity contribution is -0.186. The Kier molecular flexibility index (Phi) is 6.88. The first-order chi connectivity index (χ1) is 9.33. The van der Waals surface area contributed by atoms with Gasteiger partial charge in [0.15, 0.2) is 6.79 Å². The van der Waals surface area contributed by atoms with Crippen molar-refractivity contribution in [3.63, 3.8) is 0 Å². The number of halogens is 5. The van der Waals surface area contributed by atoms with Crippen molar-refractivity contribution in [3.8, 4) is 5.75 Å². The highest BCUT2D eigenvalue weighted by molar-refractivity contribution is 6.35. The van der Waals surface area contributed by atoms with Gasteiger partial charge in [0.25, 0.3) is 0 Å². The Hall–Kier alpha value is -0.690. The third-order valence-corrected chi connectivity index (χ3v) is 2.70. The standard InChI is InChI=1S/C12H14Cl2F3NO2/c1-2-18-5-8-3-9(13)4-10(14)11(8)20-7-19-6-12(15,16)17/h3-4,18H,2,5-7H2,1H3. The molecule has 0 aliphatic rings. The van der Waals surface area contributed by atoms with Gasteiger partial charge < -0.3 is 14.8 Å². The molecule has 0 atom stereocenters. The van der Waals surface area contributed by atoms with E-state index in [-0.39, 0.29) is 10.8 Å². The van der Waals surface area contributed by atoms with Gasteiger partial charge >= 0.3 is 6.18 Å². The van der Waals surface area contributed by atoms with Crippen LogP contribution in [0.2, 0.25) is 10.0 Å². The Morgan fingerprint density at radius 2 is 1.95 bits per heavy atom. The van der Waals surface area contributed by atoms with Crippen LogP contribution in [0.3, 0.4) is 0 Å². The highest BCUT2D eigenvalue weighted by Gasteiger charge is 2.27. The molecule has 8 heteroatoms. The quantitative estimate of drug-likeness (QED) is 0.604. The van der Waals surface area contributed by atoms with E-state index in [2.05, 4.69) is 10.1 Å². The van der Waals surface area contributed by atoms with Gasteiger partial charge in [0.1, 0.15) is 12.4 Å². The summed E-state index contributed by atoms with van der Waals surface area (Å²) < 4.78 is 45.3. The fourth-order valence-corrected chi connectivity index (χ4v) is 2.01. The van der Waals surface area contributed by atoms with Crippen LogP contribution in [-0.4, -0.2) is 26.1 Å². The summed E-state index contributed by atoms with van der Waals surface area (Å²) in [5.74, 6) is 0.263. The van der Waals surface area contributed by atoms with Crippen LogP contribution in [0, 0.1) is 0 Å². The summed E-state index contributed by atoms with van der Waals surface area (Å²) >= 11 is 11.8. The average molecular weight is 332 g/mol. The summed E-state index contributed by atoms with van der Waals surface area (Å²) in [6.45, 7) is 1.15. The van der Waals surface area contributed by atoms with Crippen LogP contribution < -0.4 is 10.1 Å². The molecule has 0 saturated heterocycles. The highest BCUT2D eigenvalue weighted by Crippen LogP contribution is 2.32. The average Bonchev–Trinajstić information content (AvgIpc) is 2.32. The monoisotopic (exact) mass is 331 g/mol. The lowest BCUT2D eigenvalue weighted by Crippen LogP contribution is -2.19. The van der Waals surface area contributed by atoms with Gasteiger partial charge in [-0.2, -0.15) is 13.2 Å². The van der Waals surface area contributed by atoms with E-state index in [1.54, 1.807) is 6.07 Å². The number of ether oxygens (including phenoxy) is 2. The summed E-state index contributed by atoms with van der Waals surface area (Å²) in [4.78, 5) is 0. The third kappa shape index (κ3) is 6.17. The second-order valence-corrected chi connectivity index (χ2v) is 4.73. The van der Waals surface area contributed by atoms with Gasteiger partial charge in [-0.25, -0.2) is 0 Å². The fraction of sp³-hybridized carbons (Fsp3) is 0.500. The zero-order valence-corrected chi connectivity index (χ0v) is 12.2. The summed E-state index contributed by atoms with van der Waals surface area (Å²) in [5.41, 5.74) is 0.653. The van der Waals surface area contributed by atoms with Gasteiger partial charge in [-0.05, 0) is 18.7 Å². The number of alkyl halides is 3. The van der Waals surface area contributed by atoms with Crippen LogP contribution in [0.4, 0.5) is 13.2 Å². The Labute approximate surface area is 125 Å². The van der Waals surface area contributed by atoms with Crippen molar-refractivity contribution in [3.05, 3.63) is 27.7 Å². The van der Waals surface area contributed by atoms with E-state index in [9.17, 15) is 13.2 Å². The molecule has 3 nitrogen and oxygen atoms in total. The van der Waals surface area contributed by atoms with Crippen molar-refractivity contribution in [2.75, 3.05) is 19.9 Å². The van der Waals surface area contributed by atoms with Gasteiger partial charge in [-0.1, -0.05) is 30.1 Å². The predicted octanol–water partition coefficient (Wildman–Crippen LogP) is 4.02. The maximum absolute atomic E-state index is 11.9. The van der Waals surface area contributed by atoms with Crippen molar-refractivity contribution in [2.45, 2.75) is 19.6 Å². The molecule has 0 spiro atoms. The number of rotatable bonds is 7. The van der Waals surface area contributed by atoms with E-state index in [0.29, 0.717) is 23.7 Å². The van der Waals surface area contributed by atoms with Gasteiger partial charge in [0, 0.05) is 17.1 Å². The Morgan fingerprint density at radius 3 is 2.55 bits per heavy atom. The molecule has 0 aromatic heterocycles. The van der Waals surface area contributed by atoms with Crippen LogP contribution in [0.5, 0.6) is 5.75 Å². The Bertz CT molecular complexity index is 441. The third-order valence-electron chi connectivity index (χ3n) is 2.20. The van der Waals surface area contributed by atoms with E-state index in [1.807, 2.05) is 6.92 Å². The minimum atomic E-state index is -4.39. The summed E-state index contributed by atoms with van der Waals surface area (Å²) in [6, 6.07) is 3.09. The Morgan fingerprint density at radius 1 is 1.25 bits per heavy atom. The first-order valence-corrected chi connectivity index (χ1v) is 6.55. The molecule has 0 heterocycles. The zero-order chi connectivity index (χ0) is 15.2. The lowest BCUT2D eigenvalue weighted by Gasteiger charge is -2.15. The summed E-state index contributed by atoms with van der Waals surface area (Å²) in [7, 11) is 0. The van der Waals surface area contributed by atoms with Crippen LogP contribution in [0.25, 0.3) is 0 Å². The molecule has 0 radical (unpaired) electrons. The first-order valence-electron chi connectivity index (χ1n) is 5.79. The molecular formula is C12H14Cl2F3NO2. The molecule has 20 heavy (non-hydrogen) atoms. The van der Waals surface area contributed by atoms with Crippen molar-refractivity contribution >= 4 is 23.2 Å². The maximum Gasteiger partial charge on any atom is 0.411 e. The van der Waals surface area contributed by atoms with Crippen LogP contribution >= 0.6 is 23.2 Å². The molecule has 0 amide bonds. The minimum absolute atomic E-state index is 0.223. The molecule has 0 bridgehead atoms. The topological polar surface area (TPSA) is 30.5 Å². The number of benzene rings is 1. The second kappa shape index (κ2) is 7.93. The normalized spacial score (nSPS) is 11.7. The molecule has 114 valence electrons. The summed E-state index contributed by atoms with van der Waals surface area (Å²) in [6.07, 6.45) is -4.39. The highest BCUT2D eigenvalue weighted by atomic mass is 35.5. The van der Waals surface area contributed by atoms with Crippen molar-refractivity contribution < 1.29 is 22.6 Å². The van der Waals surface area contributed by atoms with E-state index in [4.69, 9.17) is 27.9 Å². The molecule has 1 N–H and O–H groups in total. The number of nitrogens with one attached hydrogen (secondary N) is 1. The molecule has 1 aromatic carbocycles. The SMILES string of the molecule is CCNCc1cc(Cl)cc(Cl)c1OCOCC(F)(F)F. The van der Waals surface area contributed by atoms with Crippen molar-refractivity contribution in [1.29, 1.82) is 0 Å². The molecule has 0 fully saturated rings. The number of hydrogen-bond donors (Lipinski definition) is 1. The van der Waals surface area contributed by atoms with E-state index in [0.717, 1.165) is 0 Å². The first kappa shape index (κ1) is 17.4. The second-order valence-electron chi connectivity index (χ2n) is 3.88. The predicted molar refractivity (Wildman–Crippen MR) is 71.3 cm³/mol. The summed E-state index contributed by atoms with van der Waals surface area (Å²) in [5, 5.41) is 3.70. The van der Waals surface area contributed by atoms with Crippen molar-refractivity contribution in [2.24, 2.45) is 0 Å². The van der Waals surface area contributed by atoms with Crippen molar-refractivity contribution in [1.82, 2.24) is 5.32 Å². The van der Waals surface area contributed by atoms with Gasteiger partial charge in [-0.3, -0.25) is 0 Å². The molecular weight excluding hydrogens is 318 g/mol. The molecule has 0 aliphatic carbocycles. The molecule has 0 saturated carbocycles. The van der Waals surface area contributed by atoms with Gasteiger partial charge in [0.2, 0.25) is 0 Å². The lowest BCUT2D eigenvalue weighted by atomic mass is 10.2. The smallest absolute Gasteiger partial charge is 0.411 e. The fourth-order valence-electron chi connectivity index (χ4n) is 1.42. The Balaban J connectivity index is 2.67. The van der Waals surface area contributed by atoms with Crippen LogP contribution in [0.15, 0.2) is 12.1 Å². The van der Waals surface area contributed by atoms with Crippen LogP contribution in [0.1, 0.15) is 12.5 Å². The van der Waals surface area contributed by atoms with E-state index >= 15 is 0 Å². The van der Waals surface area contributed by atoms with Crippen LogP contribution in [-0.2, 0) is 11.3 Å². The molecule has 0 unspecified atom stereocenters.